The molecule has 0 spiro atoms. The predicted octanol–water partition coefficient (Wildman–Crippen LogP) is 6.26. The molecular formula is C21H20ClNO. The molecule has 0 aliphatic heterocycles. The number of carbonyl (C=O) groups excluding carboxylic acids is 1. The molecular weight excluding hydrogens is 318 g/mol. The quantitative estimate of drug-likeness (QED) is 0.598. The monoisotopic (exact) mass is 337 g/mol. The molecule has 3 heteroatoms. The Hall–Kier alpha value is -2.32. The number of nitrogens with one attached hydrogen (secondary N) is 1. The third-order valence-electron chi connectivity index (χ3n) is 4.46. The van der Waals surface area contributed by atoms with Crippen LogP contribution in [0, 0.1) is 0 Å². The van der Waals surface area contributed by atoms with Crippen LogP contribution >= 0.6 is 11.6 Å². The van der Waals surface area contributed by atoms with Gasteiger partial charge in [-0.15, -0.1) is 0 Å². The first-order valence-corrected chi connectivity index (χ1v) is 8.56. The number of rotatable bonds is 4. The van der Waals surface area contributed by atoms with Crippen LogP contribution in [-0.4, -0.2) is 5.91 Å². The smallest absolute Gasteiger partial charge is 0.256 e. The van der Waals surface area contributed by atoms with Crippen molar-refractivity contribution in [1.29, 1.82) is 0 Å². The van der Waals surface area contributed by atoms with Gasteiger partial charge in [-0.1, -0.05) is 61.8 Å². The van der Waals surface area contributed by atoms with Crippen molar-refractivity contribution in [2.45, 2.75) is 26.2 Å². The molecule has 0 bridgehead atoms. The summed E-state index contributed by atoms with van der Waals surface area (Å²) in [5.74, 6) is 0.397. The van der Waals surface area contributed by atoms with Gasteiger partial charge in [0, 0.05) is 21.7 Å². The zero-order chi connectivity index (χ0) is 17.1. The minimum atomic E-state index is -0.126. The summed E-state index contributed by atoms with van der Waals surface area (Å²) in [6.45, 7) is 4.37. The van der Waals surface area contributed by atoms with Crippen LogP contribution in [0.1, 0.15) is 42.1 Å². The van der Waals surface area contributed by atoms with E-state index >= 15 is 0 Å². The molecule has 2 nitrogen and oxygen atoms in total. The maximum atomic E-state index is 12.7. The third kappa shape index (κ3) is 3.29. The molecule has 122 valence electrons. The highest BCUT2D eigenvalue weighted by Gasteiger charge is 2.11. The fourth-order valence-electron chi connectivity index (χ4n) is 2.80. The highest BCUT2D eigenvalue weighted by Crippen LogP contribution is 2.27. The summed E-state index contributed by atoms with van der Waals surface area (Å²) in [7, 11) is 0. The lowest BCUT2D eigenvalue weighted by Gasteiger charge is -2.11. The van der Waals surface area contributed by atoms with Crippen LogP contribution in [0.15, 0.2) is 60.7 Å². The normalized spacial score (nSPS) is 12.1. The van der Waals surface area contributed by atoms with E-state index in [1.807, 2.05) is 48.5 Å². The van der Waals surface area contributed by atoms with Crippen LogP contribution in [0.2, 0.25) is 5.02 Å². The molecule has 0 heterocycles. The third-order valence-corrected chi connectivity index (χ3v) is 4.79. The Bertz CT molecular complexity index is 871. The molecule has 0 radical (unpaired) electrons. The minimum Gasteiger partial charge on any atom is -0.322 e. The number of hydrogen-bond acceptors (Lipinski definition) is 1. The van der Waals surface area contributed by atoms with Crippen molar-refractivity contribution in [3.8, 4) is 0 Å². The lowest BCUT2D eigenvalue weighted by Crippen LogP contribution is -2.12. The molecule has 3 aromatic carbocycles. The molecule has 0 saturated carbocycles. The molecule has 3 aromatic rings. The summed E-state index contributed by atoms with van der Waals surface area (Å²) in [5, 5.41) is 5.37. The second-order valence-electron chi connectivity index (χ2n) is 6.03. The van der Waals surface area contributed by atoms with Crippen molar-refractivity contribution < 1.29 is 4.79 Å². The number of benzene rings is 3. The fourth-order valence-corrected chi connectivity index (χ4v) is 3.04. The molecule has 1 amide bonds. The average Bonchev–Trinajstić information content (AvgIpc) is 2.61. The largest absolute Gasteiger partial charge is 0.322 e. The van der Waals surface area contributed by atoms with Gasteiger partial charge in [-0.05, 0) is 47.6 Å². The van der Waals surface area contributed by atoms with E-state index in [4.69, 9.17) is 11.6 Å². The Kier molecular flexibility index (Phi) is 4.86. The van der Waals surface area contributed by atoms with E-state index in [1.165, 1.54) is 5.56 Å². The summed E-state index contributed by atoms with van der Waals surface area (Å²) >= 11 is 6.22. The van der Waals surface area contributed by atoms with Gasteiger partial charge in [-0.25, -0.2) is 0 Å². The van der Waals surface area contributed by atoms with Gasteiger partial charge in [0.15, 0.2) is 0 Å². The number of anilines is 1. The van der Waals surface area contributed by atoms with Gasteiger partial charge in [0.05, 0.1) is 0 Å². The lowest BCUT2D eigenvalue weighted by atomic mass is 9.98. The van der Waals surface area contributed by atoms with Gasteiger partial charge in [0.2, 0.25) is 0 Å². The first-order valence-electron chi connectivity index (χ1n) is 8.18. The van der Waals surface area contributed by atoms with Crippen LogP contribution in [-0.2, 0) is 0 Å². The van der Waals surface area contributed by atoms with Crippen molar-refractivity contribution >= 4 is 34.0 Å². The number of fused-ring (bicyclic) bond motifs is 1. The molecule has 0 aromatic heterocycles. The first-order chi connectivity index (χ1) is 11.6. The molecule has 1 N–H and O–H groups in total. The SMILES string of the molecule is CC[C@@H](C)c1ccc(NC(=O)c2cccc3c(Cl)cccc23)cc1. The van der Waals surface area contributed by atoms with Gasteiger partial charge in [0.25, 0.3) is 5.91 Å². The van der Waals surface area contributed by atoms with E-state index in [9.17, 15) is 4.79 Å². The van der Waals surface area contributed by atoms with Gasteiger partial charge in [-0.3, -0.25) is 4.79 Å². The zero-order valence-electron chi connectivity index (χ0n) is 13.8. The summed E-state index contributed by atoms with van der Waals surface area (Å²) in [6, 6.07) is 19.3. The standard InChI is InChI=1S/C21H20ClNO/c1-3-14(2)15-10-12-16(13-11-15)23-21(24)19-8-4-7-18-17(19)6-5-9-20(18)22/h4-14H,3H2,1-2H3,(H,23,24)/t14-/m1/s1. The molecule has 24 heavy (non-hydrogen) atoms. The molecule has 3 rings (SSSR count). The van der Waals surface area contributed by atoms with Gasteiger partial charge in [0.1, 0.15) is 0 Å². The van der Waals surface area contributed by atoms with Gasteiger partial charge < -0.3 is 5.32 Å². The summed E-state index contributed by atoms with van der Waals surface area (Å²) in [6.07, 6.45) is 1.10. The average molecular weight is 338 g/mol. The van der Waals surface area contributed by atoms with E-state index in [1.54, 1.807) is 0 Å². The number of halogens is 1. The number of amides is 1. The van der Waals surface area contributed by atoms with E-state index < -0.39 is 0 Å². The summed E-state index contributed by atoms with van der Waals surface area (Å²) in [4.78, 5) is 12.7. The summed E-state index contributed by atoms with van der Waals surface area (Å²) < 4.78 is 0. The van der Waals surface area contributed by atoms with Crippen LogP contribution in [0.5, 0.6) is 0 Å². The maximum Gasteiger partial charge on any atom is 0.256 e. The fraction of sp³-hybridized carbons (Fsp3) is 0.190. The maximum absolute atomic E-state index is 12.7. The Morgan fingerprint density at radius 3 is 2.38 bits per heavy atom. The van der Waals surface area contributed by atoms with Crippen LogP contribution < -0.4 is 5.32 Å². The minimum absolute atomic E-state index is 0.126. The van der Waals surface area contributed by atoms with Crippen LogP contribution in [0.25, 0.3) is 10.8 Å². The Balaban J connectivity index is 1.87. The second kappa shape index (κ2) is 7.06. The molecule has 0 aliphatic carbocycles. The predicted molar refractivity (Wildman–Crippen MR) is 102 cm³/mol. The van der Waals surface area contributed by atoms with Crippen molar-refractivity contribution in [3.05, 3.63) is 76.8 Å². The zero-order valence-corrected chi connectivity index (χ0v) is 14.6. The Labute approximate surface area is 147 Å². The second-order valence-corrected chi connectivity index (χ2v) is 6.43. The summed E-state index contributed by atoms with van der Waals surface area (Å²) in [5.41, 5.74) is 2.71. The van der Waals surface area contributed by atoms with Crippen molar-refractivity contribution in [2.24, 2.45) is 0 Å². The highest BCUT2D eigenvalue weighted by molar-refractivity contribution is 6.36. The molecule has 0 fully saturated rings. The van der Waals surface area contributed by atoms with E-state index in [-0.39, 0.29) is 5.91 Å². The van der Waals surface area contributed by atoms with E-state index in [0.29, 0.717) is 16.5 Å². The van der Waals surface area contributed by atoms with Crippen molar-refractivity contribution in [3.63, 3.8) is 0 Å². The van der Waals surface area contributed by atoms with Gasteiger partial charge >= 0.3 is 0 Å². The first kappa shape index (κ1) is 16.5. The Morgan fingerprint density at radius 2 is 1.67 bits per heavy atom. The van der Waals surface area contributed by atoms with Crippen LogP contribution in [0.4, 0.5) is 5.69 Å². The van der Waals surface area contributed by atoms with Crippen molar-refractivity contribution in [1.82, 2.24) is 0 Å². The highest BCUT2D eigenvalue weighted by atomic mass is 35.5. The van der Waals surface area contributed by atoms with Crippen molar-refractivity contribution in [2.75, 3.05) is 5.32 Å². The molecule has 0 aliphatic rings. The van der Waals surface area contributed by atoms with E-state index in [0.717, 1.165) is 22.9 Å². The molecule has 0 unspecified atom stereocenters. The number of hydrogen-bond donors (Lipinski definition) is 1. The topological polar surface area (TPSA) is 29.1 Å². The van der Waals surface area contributed by atoms with Gasteiger partial charge in [-0.2, -0.15) is 0 Å². The Morgan fingerprint density at radius 1 is 1.00 bits per heavy atom. The van der Waals surface area contributed by atoms with Crippen LogP contribution in [0.3, 0.4) is 0 Å². The molecule has 0 saturated heterocycles. The molecule has 1 atom stereocenters. The number of carbonyl (C=O) groups is 1. The van der Waals surface area contributed by atoms with E-state index in [2.05, 4.69) is 31.3 Å². The lowest BCUT2D eigenvalue weighted by molar-refractivity contribution is 0.102.